The highest BCUT2D eigenvalue weighted by atomic mass is 15.0. The van der Waals surface area contributed by atoms with E-state index in [-0.39, 0.29) is 5.41 Å². The van der Waals surface area contributed by atoms with Gasteiger partial charge in [0.05, 0.1) is 5.39 Å². The molecular weight excluding hydrogens is 426 g/mol. The molecule has 0 saturated carbocycles. The summed E-state index contributed by atoms with van der Waals surface area (Å²) < 4.78 is 4.71. The molecule has 1 aliphatic carbocycles. The molecule has 2 heterocycles. The lowest BCUT2D eigenvalue weighted by atomic mass is 9.83. The number of aromatic nitrogens is 2. The fraction of sp³-hybridized carbons (Fsp3) is 0.531. The van der Waals surface area contributed by atoms with Gasteiger partial charge in [0.2, 0.25) is 5.52 Å². The Morgan fingerprint density at radius 1 is 0.771 bits per heavy atom. The molecule has 0 unspecified atom stereocenters. The largest absolute Gasteiger partial charge is 0.420 e. The summed E-state index contributed by atoms with van der Waals surface area (Å²) in [4.78, 5) is 3.95. The first-order valence-corrected chi connectivity index (χ1v) is 13.9. The molecule has 0 amide bonds. The SMILES string of the molecule is [C-]#[N+]c1cc2c(c[n+]1CCCCCCC)C(C)(C)c1c[n+](CCCCCCC)c3ccccc3c1-2. The molecule has 0 atom stereocenters. The molecule has 0 N–H and O–H groups in total. The molecule has 2 aromatic heterocycles. The van der Waals surface area contributed by atoms with Crippen molar-refractivity contribution in [3.05, 3.63) is 65.3 Å². The van der Waals surface area contributed by atoms with Crippen molar-refractivity contribution in [3.8, 4) is 11.1 Å². The number of hydrogen-bond acceptors (Lipinski definition) is 0. The van der Waals surface area contributed by atoms with Crippen molar-refractivity contribution in [3.63, 3.8) is 0 Å². The Balaban J connectivity index is 1.72. The predicted molar refractivity (Wildman–Crippen MR) is 146 cm³/mol. The number of fused-ring (bicyclic) bond motifs is 5. The Bertz CT molecular complexity index is 1220. The maximum absolute atomic E-state index is 7.90. The summed E-state index contributed by atoms with van der Waals surface area (Å²) >= 11 is 0. The van der Waals surface area contributed by atoms with E-state index in [9.17, 15) is 0 Å². The molecular formula is C32H43N3+2. The Hall–Kier alpha value is -2.73. The Morgan fingerprint density at radius 3 is 2.03 bits per heavy atom. The van der Waals surface area contributed by atoms with Crippen LogP contribution in [-0.4, -0.2) is 0 Å². The molecule has 1 aromatic carbocycles. The van der Waals surface area contributed by atoms with Crippen LogP contribution in [0.4, 0.5) is 5.82 Å². The van der Waals surface area contributed by atoms with Crippen LogP contribution in [0.1, 0.15) is 103 Å². The first-order valence-electron chi connectivity index (χ1n) is 13.9. The van der Waals surface area contributed by atoms with Gasteiger partial charge in [-0.15, -0.1) is 0 Å². The Morgan fingerprint density at radius 2 is 1.37 bits per heavy atom. The first kappa shape index (κ1) is 25.4. The van der Waals surface area contributed by atoms with E-state index >= 15 is 0 Å². The molecule has 0 bridgehead atoms. The second-order valence-electron chi connectivity index (χ2n) is 10.8. The van der Waals surface area contributed by atoms with E-state index in [4.69, 9.17) is 6.57 Å². The third kappa shape index (κ3) is 5.13. The number of para-hydroxylation sites is 1. The minimum Gasteiger partial charge on any atom is -0.208 e. The molecule has 0 saturated heterocycles. The first-order chi connectivity index (χ1) is 17.0. The molecule has 184 valence electrons. The average molecular weight is 470 g/mol. The van der Waals surface area contributed by atoms with Crippen LogP contribution in [0.25, 0.3) is 26.9 Å². The quantitative estimate of drug-likeness (QED) is 0.144. The summed E-state index contributed by atoms with van der Waals surface area (Å²) in [7, 11) is 0. The minimum absolute atomic E-state index is 0.0802. The lowest BCUT2D eigenvalue weighted by Crippen LogP contribution is -2.37. The highest BCUT2D eigenvalue weighted by Crippen LogP contribution is 2.50. The third-order valence-corrected chi connectivity index (χ3v) is 7.92. The van der Waals surface area contributed by atoms with Crippen molar-refractivity contribution >= 4 is 16.7 Å². The summed E-state index contributed by atoms with van der Waals surface area (Å²) in [6, 6.07) is 11.0. The van der Waals surface area contributed by atoms with Crippen molar-refractivity contribution in [2.24, 2.45) is 0 Å². The van der Waals surface area contributed by atoms with Crippen LogP contribution in [0.2, 0.25) is 0 Å². The number of benzene rings is 1. The molecule has 1 aliphatic rings. The van der Waals surface area contributed by atoms with Crippen LogP contribution in [0.3, 0.4) is 0 Å². The molecule has 3 heteroatoms. The fourth-order valence-electron chi connectivity index (χ4n) is 5.80. The summed E-state index contributed by atoms with van der Waals surface area (Å²) in [5.74, 6) is 0.764. The van der Waals surface area contributed by atoms with E-state index in [1.807, 2.05) is 0 Å². The van der Waals surface area contributed by atoms with Crippen LogP contribution >= 0.6 is 0 Å². The number of unbranched alkanes of at least 4 members (excludes halogenated alkanes) is 8. The van der Waals surface area contributed by atoms with Gasteiger partial charge in [-0.05, 0) is 24.5 Å². The number of rotatable bonds is 12. The van der Waals surface area contributed by atoms with E-state index in [2.05, 4.69) is 84.4 Å². The molecule has 0 fully saturated rings. The van der Waals surface area contributed by atoms with Gasteiger partial charge in [-0.25, -0.2) is 4.57 Å². The second-order valence-corrected chi connectivity index (χ2v) is 10.8. The van der Waals surface area contributed by atoms with E-state index in [0.29, 0.717) is 0 Å². The molecule has 35 heavy (non-hydrogen) atoms. The zero-order chi connectivity index (χ0) is 24.8. The van der Waals surface area contributed by atoms with Gasteiger partial charge in [-0.1, -0.05) is 78.4 Å². The lowest BCUT2D eigenvalue weighted by molar-refractivity contribution is -0.682. The number of aryl methyl sites for hydroxylation is 2. The summed E-state index contributed by atoms with van der Waals surface area (Å²) in [6.07, 6.45) is 17.4. The van der Waals surface area contributed by atoms with Crippen molar-refractivity contribution in [1.82, 2.24) is 0 Å². The van der Waals surface area contributed by atoms with Crippen LogP contribution in [0, 0.1) is 6.57 Å². The van der Waals surface area contributed by atoms with Crippen LogP contribution in [0.15, 0.2) is 42.7 Å². The van der Waals surface area contributed by atoms with Gasteiger partial charge in [0.15, 0.2) is 12.4 Å². The Labute approximate surface area is 212 Å². The van der Waals surface area contributed by atoms with Crippen LogP contribution < -0.4 is 9.13 Å². The monoisotopic (exact) mass is 469 g/mol. The smallest absolute Gasteiger partial charge is 0.208 e. The fourth-order valence-corrected chi connectivity index (χ4v) is 5.80. The van der Waals surface area contributed by atoms with Gasteiger partial charge in [0, 0.05) is 47.1 Å². The average Bonchev–Trinajstić information content (AvgIpc) is 3.09. The van der Waals surface area contributed by atoms with Gasteiger partial charge < -0.3 is 0 Å². The van der Waals surface area contributed by atoms with Gasteiger partial charge in [-0.3, -0.25) is 0 Å². The highest BCUT2D eigenvalue weighted by molar-refractivity contribution is 5.99. The molecule has 0 aliphatic heterocycles. The van der Waals surface area contributed by atoms with Crippen molar-refractivity contribution in [1.29, 1.82) is 0 Å². The molecule has 4 rings (SSSR count). The standard InChI is InChI=1S/C32H43N3/c1-6-8-10-12-16-20-34-24-28-31(25-18-14-15-19-29(25)34)26-22-30(33-5)35(21-17-13-11-9-7-2)23-27(26)32(28,3)4/h14-15,18-19,22-24H,6-13,16-17,20-21H2,1-4H3/q+2. The van der Waals surface area contributed by atoms with E-state index in [1.54, 1.807) is 0 Å². The highest BCUT2D eigenvalue weighted by Gasteiger charge is 2.42. The normalized spacial score (nSPS) is 13.6. The summed E-state index contributed by atoms with van der Waals surface area (Å²) in [5.41, 5.74) is 6.58. The number of hydrogen-bond donors (Lipinski definition) is 0. The topological polar surface area (TPSA) is 12.1 Å². The molecule has 3 aromatic rings. The molecule has 3 nitrogen and oxygen atoms in total. The molecule has 0 spiro atoms. The second kappa shape index (κ2) is 11.3. The Kier molecular flexibility index (Phi) is 8.22. The van der Waals surface area contributed by atoms with Crippen molar-refractivity contribution in [2.45, 2.75) is 110 Å². The summed E-state index contributed by atoms with van der Waals surface area (Å²) in [5, 5.41) is 1.32. The lowest BCUT2D eigenvalue weighted by Gasteiger charge is -2.19. The van der Waals surface area contributed by atoms with E-state index in [1.165, 1.54) is 90.9 Å². The van der Waals surface area contributed by atoms with Crippen molar-refractivity contribution < 1.29 is 9.13 Å². The van der Waals surface area contributed by atoms with E-state index < -0.39 is 0 Å². The minimum atomic E-state index is -0.0802. The zero-order valence-electron chi connectivity index (χ0n) is 22.4. The van der Waals surface area contributed by atoms with Crippen molar-refractivity contribution in [2.75, 3.05) is 0 Å². The van der Waals surface area contributed by atoms with Gasteiger partial charge >= 0.3 is 5.82 Å². The molecule has 0 radical (unpaired) electrons. The van der Waals surface area contributed by atoms with Gasteiger partial charge in [0.1, 0.15) is 19.7 Å². The summed E-state index contributed by atoms with van der Waals surface area (Å²) in [6.45, 7) is 19.1. The third-order valence-electron chi connectivity index (χ3n) is 7.92. The van der Waals surface area contributed by atoms with Gasteiger partial charge in [-0.2, -0.15) is 9.41 Å². The van der Waals surface area contributed by atoms with Crippen LogP contribution in [0.5, 0.6) is 0 Å². The predicted octanol–water partition coefficient (Wildman–Crippen LogP) is 8.21. The van der Waals surface area contributed by atoms with Crippen LogP contribution in [-0.2, 0) is 18.5 Å². The maximum atomic E-state index is 7.90. The maximum Gasteiger partial charge on any atom is 0.420 e. The van der Waals surface area contributed by atoms with Gasteiger partial charge in [0.25, 0.3) is 0 Å². The zero-order valence-corrected chi connectivity index (χ0v) is 22.4. The number of pyridine rings is 2. The number of nitrogens with zero attached hydrogens (tertiary/aromatic N) is 3. The van der Waals surface area contributed by atoms with E-state index in [0.717, 1.165) is 25.3 Å².